The van der Waals surface area contributed by atoms with E-state index in [2.05, 4.69) is 33.8 Å². The topological polar surface area (TPSA) is 0 Å². The minimum atomic E-state index is 0.518. The molecule has 0 heteroatoms. The molecule has 0 saturated heterocycles. The lowest BCUT2D eigenvalue weighted by molar-refractivity contribution is 0.0217. The maximum Gasteiger partial charge on any atom is -0.0111 e. The Labute approximate surface area is 103 Å². The standard InChI is InChI=1S/C14H24.C2H6/c1-11-6-7-12-13(2,3)8-5-9-14(12,4)10-11;1-2/h10,12H,5-9H2,1-4H3;1-2H3. The molecule has 0 spiro atoms. The van der Waals surface area contributed by atoms with Gasteiger partial charge in [0.15, 0.2) is 0 Å². The second kappa shape index (κ2) is 4.94. The minimum absolute atomic E-state index is 0.518. The van der Waals surface area contributed by atoms with Crippen LogP contribution in [0.25, 0.3) is 0 Å². The fourth-order valence-corrected chi connectivity index (χ4v) is 4.07. The SMILES string of the molecule is CC.CC1=CC2(C)CCCC(C)(C)C2CC1. The molecular formula is C16H30. The van der Waals surface area contributed by atoms with Crippen LogP contribution in [0.5, 0.6) is 0 Å². The molecule has 2 atom stereocenters. The van der Waals surface area contributed by atoms with Crippen LogP contribution in [0.2, 0.25) is 0 Å². The maximum atomic E-state index is 2.59. The third kappa shape index (κ3) is 2.52. The maximum absolute atomic E-state index is 2.59. The first-order valence-corrected chi connectivity index (χ1v) is 7.12. The van der Waals surface area contributed by atoms with E-state index >= 15 is 0 Å². The third-order valence-electron chi connectivity index (χ3n) is 4.68. The van der Waals surface area contributed by atoms with Crippen molar-refractivity contribution in [3.63, 3.8) is 0 Å². The lowest BCUT2D eigenvalue weighted by Crippen LogP contribution is -2.42. The van der Waals surface area contributed by atoms with E-state index in [9.17, 15) is 0 Å². The van der Waals surface area contributed by atoms with Gasteiger partial charge in [0.05, 0.1) is 0 Å². The second-order valence-corrected chi connectivity index (χ2v) is 6.43. The number of fused-ring (bicyclic) bond motifs is 1. The van der Waals surface area contributed by atoms with Gasteiger partial charge in [0, 0.05) is 0 Å². The van der Waals surface area contributed by atoms with Crippen molar-refractivity contribution in [2.45, 2.75) is 73.6 Å². The molecule has 2 rings (SSSR count). The van der Waals surface area contributed by atoms with Crippen molar-refractivity contribution in [2.75, 3.05) is 0 Å². The van der Waals surface area contributed by atoms with Crippen LogP contribution in [0, 0.1) is 16.7 Å². The molecule has 2 aliphatic carbocycles. The van der Waals surface area contributed by atoms with E-state index < -0.39 is 0 Å². The summed E-state index contributed by atoms with van der Waals surface area (Å²) in [6.45, 7) is 13.7. The van der Waals surface area contributed by atoms with Crippen LogP contribution in [-0.4, -0.2) is 0 Å². The van der Waals surface area contributed by atoms with Gasteiger partial charge in [-0.1, -0.05) is 52.7 Å². The number of rotatable bonds is 0. The molecule has 94 valence electrons. The molecule has 1 saturated carbocycles. The molecule has 0 aromatic carbocycles. The average Bonchev–Trinajstić information content (AvgIpc) is 2.18. The summed E-state index contributed by atoms with van der Waals surface area (Å²) in [4.78, 5) is 0. The van der Waals surface area contributed by atoms with Gasteiger partial charge in [0.1, 0.15) is 0 Å². The highest BCUT2D eigenvalue weighted by molar-refractivity contribution is 5.16. The fraction of sp³-hybridized carbons (Fsp3) is 0.875. The number of hydrogen-bond donors (Lipinski definition) is 0. The molecule has 0 aromatic heterocycles. The molecule has 0 bridgehead atoms. The van der Waals surface area contributed by atoms with Gasteiger partial charge >= 0.3 is 0 Å². The van der Waals surface area contributed by atoms with Gasteiger partial charge in [0.2, 0.25) is 0 Å². The first kappa shape index (κ1) is 13.8. The molecule has 2 aliphatic rings. The van der Waals surface area contributed by atoms with Gasteiger partial charge in [-0.25, -0.2) is 0 Å². The molecule has 0 aromatic rings. The van der Waals surface area contributed by atoms with Crippen molar-refractivity contribution in [2.24, 2.45) is 16.7 Å². The summed E-state index contributed by atoms with van der Waals surface area (Å²) in [6, 6.07) is 0. The van der Waals surface area contributed by atoms with Crippen LogP contribution in [0.3, 0.4) is 0 Å². The normalized spacial score (nSPS) is 36.6. The van der Waals surface area contributed by atoms with Crippen LogP contribution in [0.1, 0.15) is 73.6 Å². The lowest BCUT2D eigenvalue weighted by atomic mass is 9.53. The molecule has 0 nitrogen and oxygen atoms in total. The Bertz CT molecular complexity index is 259. The average molecular weight is 222 g/mol. The first-order chi connectivity index (χ1) is 7.44. The summed E-state index contributed by atoms with van der Waals surface area (Å²) in [5.74, 6) is 0.924. The minimum Gasteiger partial charge on any atom is -0.0794 e. The Kier molecular flexibility index (Phi) is 4.26. The molecule has 1 fully saturated rings. The van der Waals surface area contributed by atoms with Gasteiger partial charge in [-0.15, -0.1) is 0 Å². The highest BCUT2D eigenvalue weighted by Crippen LogP contribution is 2.56. The van der Waals surface area contributed by atoms with Crippen molar-refractivity contribution in [3.8, 4) is 0 Å². The zero-order valence-corrected chi connectivity index (χ0v) is 12.2. The highest BCUT2D eigenvalue weighted by atomic mass is 14.5. The Morgan fingerprint density at radius 1 is 1.12 bits per heavy atom. The number of allylic oxidation sites excluding steroid dienone is 2. The largest absolute Gasteiger partial charge is 0.0794 e. The van der Waals surface area contributed by atoms with Crippen LogP contribution in [-0.2, 0) is 0 Å². The summed E-state index contributed by atoms with van der Waals surface area (Å²) < 4.78 is 0. The number of hydrogen-bond acceptors (Lipinski definition) is 0. The third-order valence-corrected chi connectivity index (χ3v) is 4.68. The zero-order valence-electron chi connectivity index (χ0n) is 12.2. The van der Waals surface area contributed by atoms with Gasteiger partial charge < -0.3 is 0 Å². The molecule has 0 aliphatic heterocycles. The van der Waals surface area contributed by atoms with Crippen molar-refractivity contribution in [1.82, 2.24) is 0 Å². The van der Waals surface area contributed by atoms with E-state index in [1.54, 1.807) is 5.57 Å². The summed E-state index contributed by atoms with van der Waals surface area (Å²) >= 11 is 0. The Hall–Kier alpha value is -0.260. The molecule has 0 radical (unpaired) electrons. The van der Waals surface area contributed by atoms with E-state index in [-0.39, 0.29) is 0 Å². The van der Waals surface area contributed by atoms with E-state index in [1.165, 1.54) is 32.1 Å². The smallest absolute Gasteiger partial charge is 0.0111 e. The van der Waals surface area contributed by atoms with Crippen LogP contribution in [0.4, 0.5) is 0 Å². The predicted molar refractivity (Wildman–Crippen MR) is 73.6 cm³/mol. The summed E-state index contributed by atoms with van der Waals surface area (Å²) in [7, 11) is 0. The van der Waals surface area contributed by atoms with E-state index in [1.807, 2.05) is 13.8 Å². The molecule has 0 heterocycles. The van der Waals surface area contributed by atoms with Crippen molar-refractivity contribution >= 4 is 0 Å². The summed E-state index contributed by atoms with van der Waals surface area (Å²) in [5.41, 5.74) is 2.72. The van der Waals surface area contributed by atoms with Crippen LogP contribution < -0.4 is 0 Å². The predicted octanol–water partition coefficient (Wildman–Crippen LogP) is 5.59. The van der Waals surface area contributed by atoms with E-state index in [4.69, 9.17) is 0 Å². The van der Waals surface area contributed by atoms with Crippen LogP contribution >= 0.6 is 0 Å². The Morgan fingerprint density at radius 3 is 2.38 bits per heavy atom. The van der Waals surface area contributed by atoms with E-state index in [0.717, 1.165) is 5.92 Å². The van der Waals surface area contributed by atoms with Crippen molar-refractivity contribution < 1.29 is 0 Å². The first-order valence-electron chi connectivity index (χ1n) is 7.12. The molecular weight excluding hydrogens is 192 g/mol. The quantitative estimate of drug-likeness (QED) is 0.469. The fourth-order valence-electron chi connectivity index (χ4n) is 4.07. The highest BCUT2D eigenvalue weighted by Gasteiger charge is 2.46. The van der Waals surface area contributed by atoms with Gasteiger partial charge in [-0.3, -0.25) is 0 Å². The van der Waals surface area contributed by atoms with Crippen molar-refractivity contribution in [1.29, 1.82) is 0 Å². The van der Waals surface area contributed by atoms with Crippen molar-refractivity contribution in [3.05, 3.63) is 11.6 Å². The van der Waals surface area contributed by atoms with E-state index in [0.29, 0.717) is 10.8 Å². The summed E-state index contributed by atoms with van der Waals surface area (Å²) in [5, 5.41) is 0. The molecule has 2 unspecified atom stereocenters. The summed E-state index contributed by atoms with van der Waals surface area (Å²) in [6.07, 6.45) is 9.61. The van der Waals surface area contributed by atoms with Gasteiger partial charge in [-0.2, -0.15) is 0 Å². The molecule has 0 amide bonds. The van der Waals surface area contributed by atoms with Crippen LogP contribution in [0.15, 0.2) is 11.6 Å². The molecule has 16 heavy (non-hydrogen) atoms. The Morgan fingerprint density at radius 2 is 1.75 bits per heavy atom. The van der Waals surface area contributed by atoms with Gasteiger partial charge in [-0.05, 0) is 49.4 Å². The van der Waals surface area contributed by atoms with Gasteiger partial charge in [0.25, 0.3) is 0 Å². The lowest BCUT2D eigenvalue weighted by Gasteiger charge is -2.52. The second-order valence-electron chi connectivity index (χ2n) is 6.43. The zero-order chi connectivity index (χ0) is 12.4. The molecule has 0 N–H and O–H groups in total. The monoisotopic (exact) mass is 222 g/mol. The Balaban J connectivity index is 0.000000606.